The Morgan fingerprint density at radius 1 is 0.923 bits per heavy atom. The first kappa shape index (κ1) is 19.5. The van der Waals surface area contributed by atoms with E-state index in [4.69, 9.17) is 4.74 Å². The van der Waals surface area contributed by atoms with Gasteiger partial charge in [0.05, 0.1) is 24.2 Å². The first-order valence-electron chi connectivity index (χ1n) is 7.89. The van der Waals surface area contributed by atoms with Crippen LogP contribution in [0.3, 0.4) is 0 Å². The van der Waals surface area contributed by atoms with Crippen LogP contribution in [0.2, 0.25) is 0 Å². The molecule has 0 aromatic heterocycles. The van der Waals surface area contributed by atoms with Crippen LogP contribution in [0.4, 0.5) is 0 Å². The molecule has 0 aliphatic carbocycles. The Hall–Kier alpha value is -2.87. The van der Waals surface area contributed by atoms with Crippen LogP contribution in [0.5, 0.6) is 5.75 Å². The Labute approximate surface area is 152 Å². The number of ether oxygens (including phenoxy) is 1. The number of carbonyl (C=O) groups excluding carboxylic acids is 2. The van der Waals surface area contributed by atoms with Crippen molar-refractivity contribution in [2.45, 2.75) is 17.7 Å². The van der Waals surface area contributed by atoms with Crippen molar-refractivity contribution in [1.29, 1.82) is 0 Å². The number of rotatable bonds is 7. The van der Waals surface area contributed by atoms with Crippen molar-refractivity contribution in [3.63, 3.8) is 0 Å². The van der Waals surface area contributed by atoms with Gasteiger partial charge in [-0.15, -0.1) is 0 Å². The predicted octanol–water partition coefficient (Wildman–Crippen LogP) is 1.25. The van der Waals surface area contributed by atoms with E-state index in [0.717, 1.165) is 5.56 Å². The standard InChI is InChI=1S/C18H20N2O5S/c1-25-15-9-7-14(8-10-15)13-18(22)20-19-17(21)11-12-26(23,24)16-5-3-2-4-6-16/h2-10H,11-13H2,1H3,(H,19,21)(H,20,22). The Kier molecular flexibility index (Phi) is 6.74. The summed E-state index contributed by atoms with van der Waals surface area (Å²) >= 11 is 0. The van der Waals surface area contributed by atoms with Crippen molar-refractivity contribution in [3.05, 3.63) is 60.2 Å². The second-order valence-corrected chi connectivity index (χ2v) is 7.61. The third-order valence-electron chi connectivity index (χ3n) is 3.57. The largest absolute Gasteiger partial charge is 0.497 e. The molecule has 0 heterocycles. The molecule has 0 spiro atoms. The van der Waals surface area contributed by atoms with E-state index in [0.29, 0.717) is 5.75 Å². The Bertz CT molecular complexity index is 849. The molecule has 138 valence electrons. The van der Waals surface area contributed by atoms with E-state index < -0.39 is 21.7 Å². The lowest BCUT2D eigenvalue weighted by molar-refractivity contribution is -0.128. The molecule has 0 aliphatic heterocycles. The van der Waals surface area contributed by atoms with E-state index in [1.165, 1.54) is 12.1 Å². The summed E-state index contributed by atoms with van der Waals surface area (Å²) in [5.74, 6) is -0.638. The summed E-state index contributed by atoms with van der Waals surface area (Å²) in [4.78, 5) is 23.7. The van der Waals surface area contributed by atoms with Crippen molar-refractivity contribution < 1.29 is 22.7 Å². The monoisotopic (exact) mass is 376 g/mol. The van der Waals surface area contributed by atoms with Crippen LogP contribution in [0.25, 0.3) is 0 Å². The molecule has 2 rings (SSSR count). The number of nitrogens with one attached hydrogen (secondary N) is 2. The van der Waals surface area contributed by atoms with Crippen LogP contribution in [0.1, 0.15) is 12.0 Å². The van der Waals surface area contributed by atoms with Gasteiger partial charge in [-0.1, -0.05) is 30.3 Å². The molecule has 2 aromatic rings. The highest BCUT2D eigenvalue weighted by molar-refractivity contribution is 7.91. The summed E-state index contributed by atoms with van der Waals surface area (Å²) in [6, 6.07) is 14.8. The van der Waals surface area contributed by atoms with Gasteiger partial charge in [-0.2, -0.15) is 0 Å². The Morgan fingerprint density at radius 3 is 2.15 bits per heavy atom. The van der Waals surface area contributed by atoms with E-state index in [9.17, 15) is 18.0 Å². The van der Waals surface area contributed by atoms with Crippen LogP contribution in [0, 0.1) is 0 Å². The highest BCUT2D eigenvalue weighted by atomic mass is 32.2. The first-order valence-corrected chi connectivity index (χ1v) is 9.54. The summed E-state index contributed by atoms with van der Waals surface area (Å²) in [5, 5.41) is 0. The highest BCUT2D eigenvalue weighted by Crippen LogP contribution is 2.12. The maximum absolute atomic E-state index is 12.1. The molecule has 0 aliphatic rings. The SMILES string of the molecule is COc1ccc(CC(=O)NNC(=O)CCS(=O)(=O)c2ccccc2)cc1. The molecule has 0 radical (unpaired) electrons. The molecule has 0 atom stereocenters. The first-order chi connectivity index (χ1) is 12.4. The van der Waals surface area contributed by atoms with E-state index >= 15 is 0 Å². The van der Waals surface area contributed by atoms with Crippen molar-refractivity contribution in [2.24, 2.45) is 0 Å². The fraction of sp³-hybridized carbons (Fsp3) is 0.222. The lowest BCUT2D eigenvalue weighted by Gasteiger charge is -2.08. The average molecular weight is 376 g/mol. The van der Waals surface area contributed by atoms with Gasteiger partial charge in [0.2, 0.25) is 11.8 Å². The number of carbonyl (C=O) groups is 2. The molecule has 8 heteroatoms. The van der Waals surface area contributed by atoms with Gasteiger partial charge >= 0.3 is 0 Å². The van der Waals surface area contributed by atoms with Crippen LogP contribution < -0.4 is 15.6 Å². The molecule has 0 saturated heterocycles. The van der Waals surface area contributed by atoms with Gasteiger partial charge in [0.1, 0.15) is 5.75 Å². The molecule has 0 bridgehead atoms. The van der Waals surface area contributed by atoms with Crippen molar-refractivity contribution in [3.8, 4) is 5.75 Å². The summed E-state index contributed by atoms with van der Waals surface area (Å²) in [7, 11) is -1.98. The molecular weight excluding hydrogens is 356 g/mol. The summed E-state index contributed by atoms with van der Waals surface area (Å²) in [5.41, 5.74) is 5.25. The lowest BCUT2D eigenvalue weighted by atomic mass is 10.1. The van der Waals surface area contributed by atoms with Gasteiger partial charge in [-0.3, -0.25) is 20.4 Å². The van der Waals surface area contributed by atoms with Crippen molar-refractivity contribution >= 4 is 21.7 Å². The predicted molar refractivity (Wildman–Crippen MR) is 96.1 cm³/mol. The van der Waals surface area contributed by atoms with Gasteiger partial charge in [-0.25, -0.2) is 8.42 Å². The summed E-state index contributed by atoms with van der Waals surface area (Å²) in [6.45, 7) is 0. The van der Waals surface area contributed by atoms with E-state index in [1.54, 1.807) is 49.6 Å². The molecule has 0 unspecified atom stereocenters. The topological polar surface area (TPSA) is 102 Å². The molecule has 0 fully saturated rings. The van der Waals surface area contributed by atoms with Crippen LogP contribution in [-0.2, 0) is 25.8 Å². The van der Waals surface area contributed by atoms with Crippen molar-refractivity contribution in [2.75, 3.05) is 12.9 Å². The van der Waals surface area contributed by atoms with Gasteiger partial charge in [0.25, 0.3) is 0 Å². The second-order valence-electron chi connectivity index (χ2n) is 5.50. The summed E-state index contributed by atoms with van der Waals surface area (Å²) < 4.78 is 29.2. The minimum atomic E-state index is -3.53. The third kappa shape index (κ3) is 5.89. The molecular formula is C18H20N2O5S. The van der Waals surface area contributed by atoms with E-state index in [1.807, 2.05) is 0 Å². The van der Waals surface area contributed by atoms with Gasteiger partial charge in [0.15, 0.2) is 9.84 Å². The Balaban J connectivity index is 1.76. The number of sulfone groups is 1. The van der Waals surface area contributed by atoms with E-state index in [2.05, 4.69) is 10.9 Å². The minimum Gasteiger partial charge on any atom is -0.497 e. The number of hydrogen-bond acceptors (Lipinski definition) is 5. The highest BCUT2D eigenvalue weighted by Gasteiger charge is 2.16. The van der Waals surface area contributed by atoms with E-state index in [-0.39, 0.29) is 23.5 Å². The zero-order chi connectivity index (χ0) is 19.0. The number of amides is 2. The zero-order valence-electron chi connectivity index (χ0n) is 14.3. The van der Waals surface area contributed by atoms with Crippen LogP contribution in [-0.4, -0.2) is 33.1 Å². The molecule has 0 saturated carbocycles. The fourth-order valence-electron chi connectivity index (χ4n) is 2.15. The molecule has 2 amide bonds. The summed E-state index contributed by atoms with van der Waals surface area (Å²) in [6.07, 6.45) is -0.174. The normalized spacial score (nSPS) is 10.8. The smallest absolute Gasteiger partial charge is 0.242 e. The zero-order valence-corrected chi connectivity index (χ0v) is 15.1. The minimum absolute atomic E-state index is 0.0760. The molecule has 26 heavy (non-hydrogen) atoms. The van der Waals surface area contributed by atoms with Gasteiger partial charge in [0, 0.05) is 6.42 Å². The maximum Gasteiger partial charge on any atom is 0.242 e. The third-order valence-corrected chi connectivity index (χ3v) is 5.30. The number of hydrazine groups is 1. The van der Waals surface area contributed by atoms with Crippen LogP contribution >= 0.6 is 0 Å². The lowest BCUT2D eigenvalue weighted by Crippen LogP contribution is -2.42. The molecule has 7 nitrogen and oxygen atoms in total. The second kappa shape index (κ2) is 9.00. The fourth-order valence-corrected chi connectivity index (χ4v) is 3.41. The maximum atomic E-state index is 12.1. The van der Waals surface area contributed by atoms with Crippen molar-refractivity contribution in [1.82, 2.24) is 10.9 Å². The molecule has 2 aromatic carbocycles. The van der Waals surface area contributed by atoms with Gasteiger partial charge in [-0.05, 0) is 29.8 Å². The van der Waals surface area contributed by atoms with Crippen LogP contribution in [0.15, 0.2) is 59.5 Å². The average Bonchev–Trinajstić information content (AvgIpc) is 2.66. The Morgan fingerprint density at radius 2 is 1.54 bits per heavy atom. The number of hydrogen-bond donors (Lipinski definition) is 2. The number of methoxy groups -OCH3 is 1. The molecule has 2 N–H and O–H groups in total. The van der Waals surface area contributed by atoms with Gasteiger partial charge < -0.3 is 4.74 Å². The number of benzene rings is 2. The quantitative estimate of drug-likeness (QED) is 0.708.